The van der Waals surface area contributed by atoms with Crippen LogP contribution in [0.15, 0.2) is 36.9 Å². The van der Waals surface area contributed by atoms with E-state index in [1.807, 2.05) is 0 Å². The van der Waals surface area contributed by atoms with Gasteiger partial charge in [0.25, 0.3) is 0 Å². The van der Waals surface area contributed by atoms with Crippen molar-refractivity contribution in [1.82, 2.24) is 24.5 Å². The minimum Gasteiger partial charge on any atom is -0.368 e. The molecule has 2 heterocycles. The Morgan fingerprint density at radius 2 is 2.10 bits per heavy atom. The Morgan fingerprint density at radius 1 is 1.24 bits per heavy atom. The zero-order valence-electron chi connectivity index (χ0n) is 10.5. The molecule has 7 nitrogen and oxygen atoms in total. The third kappa shape index (κ3) is 2.75. The summed E-state index contributed by atoms with van der Waals surface area (Å²) in [7, 11) is 0. The monoisotopic (exact) mass is 305 g/mol. The Balaban J connectivity index is 2.00. The Hall–Kier alpha value is -2.74. The third-order valence-electron chi connectivity index (χ3n) is 2.58. The molecule has 0 aliphatic heterocycles. The number of nitrogen functional groups attached to an aromatic ring is 1. The molecule has 0 unspecified atom stereocenters. The first-order valence-corrected chi connectivity index (χ1v) is 6.22. The van der Waals surface area contributed by atoms with Crippen LogP contribution >= 0.6 is 11.6 Å². The molecule has 0 aliphatic carbocycles. The van der Waals surface area contributed by atoms with E-state index in [-0.39, 0.29) is 28.6 Å². The number of halogens is 2. The Bertz CT molecular complexity index is 755. The summed E-state index contributed by atoms with van der Waals surface area (Å²) in [6.07, 6.45) is 4.73. The van der Waals surface area contributed by atoms with Gasteiger partial charge in [0.15, 0.2) is 0 Å². The van der Waals surface area contributed by atoms with Gasteiger partial charge in [-0.05, 0) is 12.1 Å². The first-order valence-electron chi connectivity index (χ1n) is 5.84. The normalized spacial score (nSPS) is 10.6. The standard InChI is InChI=1S/C12H9ClFN7/c13-7-2-1-3-8(14)9(7)17-11-18-10(15)19-12(20-11)21-5-4-16-6-21/h1-6H,(H3,15,17,18,19,20). The van der Waals surface area contributed by atoms with Crippen molar-refractivity contribution in [1.29, 1.82) is 0 Å². The lowest BCUT2D eigenvalue weighted by molar-refractivity contribution is 0.631. The molecule has 0 spiro atoms. The first kappa shape index (κ1) is 13.3. The summed E-state index contributed by atoms with van der Waals surface area (Å²) in [5.41, 5.74) is 5.70. The Labute approximate surface area is 123 Å². The molecule has 3 rings (SSSR count). The van der Waals surface area contributed by atoms with Crippen molar-refractivity contribution in [2.45, 2.75) is 0 Å². The van der Waals surface area contributed by atoms with Crippen molar-refractivity contribution in [3.8, 4) is 5.95 Å². The van der Waals surface area contributed by atoms with Crippen molar-refractivity contribution in [2.75, 3.05) is 11.1 Å². The van der Waals surface area contributed by atoms with Crippen LogP contribution in [0.2, 0.25) is 5.02 Å². The maximum absolute atomic E-state index is 13.7. The number of nitrogens with two attached hydrogens (primary N) is 1. The maximum Gasteiger partial charge on any atom is 0.241 e. The fourth-order valence-corrected chi connectivity index (χ4v) is 1.87. The van der Waals surface area contributed by atoms with E-state index in [0.717, 1.165) is 0 Å². The van der Waals surface area contributed by atoms with Crippen molar-refractivity contribution >= 4 is 29.2 Å². The topological polar surface area (TPSA) is 94.5 Å². The highest BCUT2D eigenvalue weighted by atomic mass is 35.5. The summed E-state index contributed by atoms with van der Waals surface area (Å²) in [6, 6.07) is 4.32. The van der Waals surface area contributed by atoms with Gasteiger partial charge in [0, 0.05) is 12.4 Å². The van der Waals surface area contributed by atoms with Gasteiger partial charge in [-0.1, -0.05) is 17.7 Å². The molecule has 3 aromatic rings. The quantitative estimate of drug-likeness (QED) is 0.770. The molecule has 1 aromatic carbocycles. The molecule has 0 atom stereocenters. The Morgan fingerprint density at radius 3 is 2.81 bits per heavy atom. The summed E-state index contributed by atoms with van der Waals surface area (Å²) >= 11 is 5.94. The van der Waals surface area contributed by atoms with Crippen molar-refractivity contribution < 1.29 is 4.39 Å². The summed E-state index contributed by atoms with van der Waals surface area (Å²) in [6.45, 7) is 0. The number of aromatic nitrogens is 5. The second-order valence-electron chi connectivity index (χ2n) is 4.01. The van der Waals surface area contributed by atoms with E-state index < -0.39 is 5.82 Å². The molecule has 21 heavy (non-hydrogen) atoms. The summed E-state index contributed by atoms with van der Waals surface area (Å²) in [5.74, 6) is -0.192. The van der Waals surface area contributed by atoms with E-state index in [2.05, 4.69) is 25.3 Å². The van der Waals surface area contributed by atoms with Crippen LogP contribution in [0.5, 0.6) is 0 Å². The maximum atomic E-state index is 13.7. The highest BCUT2D eigenvalue weighted by molar-refractivity contribution is 6.33. The molecule has 3 N–H and O–H groups in total. The molecular weight excluding hydrogens is 297 g/mol. The minimum atomic E-state index is -0.523. The van der Waals surface area contributed by atoms with Crippen LogP contribution in [-0.4, -0.2) is 24.5 Å². The summed E-state index contributed by atoms with van der Waals surface area (Å²) in [5, 5.41) is 2.91. The highest BCUT2D eigenvalue weighted by Crippen LogP contribution is 2.27. The zero-order chi connectivity index (χ0) is 14.8. The van der Waals surface area contributed by atoms with Gasteiger partial charge < -0.3 is 11.1 Å². The summed E-state index contributed by atoms with van der Waals surface area (Å²) < 4.78 is 15.3. The van der Waals surface area contributed by atoms with Crippen LogP contribution in [0.3, 0.4) is 0 Å². The first-order chi connectivity index (χ1) is 10.1. The largest absolute Gasteiger partial charge is 0.368 e. The van der Waals surface area contributed by atoms with Gasteiger partial charge in [-0.3, -0.25) is 4.57 Å². The van der Waals surface area contributed by atoms with E-state index in [9.17, 15) is 4.39 Å². The molecule has 0 bridgehead atoms. The van der Waals surface area contributed by atoms with E-state index in [4.69, 9.17) is 17.3 Å². The van der Waals surface area contributed by atoms with Gasteiger partial charge in [0.2, 0.25) is 17.8 Å². The number of imidazole rings is 1. The summed E-state index contributed by atoms with van der Waals surface area (Å²) in [4.78, 5) is 15.9. The SMILES string of the molecule is Nc1nc(Nc2c(F)cccc2Cl)nc(-n2ccnc2)n1. The number of para-hydroxylation sites is 1. The smallest absolute Gasteiger partial charge is 0.241 e. The van der Waals surface area contributed by atoms with E-state index in [1.165, 1.54) is 18.5 Å². The second-order valence-corrected chi connectivity index (χ2v) is 4.42. The molecule has 0 aliphatic rings. The van der Waals surface area contributed by atoms with Crippen molar-refractivity contribution in [3.63, 3.8) is 0 Å². The molecule has 0 fully saturated rings. The van der Waals surface area contributed by atoms with E-state index in [1.54, 1.807) is 23.0 Å². The number of nitrogens with one attached hydrogen (secondary N) is 1. The molecule has 0 saturated carbocycles. The molecular formula is C12H9ClFN7. The number of benzene rings is 1. The molecule has 0 amide bonds. The van der Waals surface area contributed by atoms with Crippen LogP contribution in [0.4, 0.5) is 22.0 Å². The van der Waals surface area contributed by atoms with Gasteiger partial charge in [-0.25, -0.2) is 9.37 Å². The fraction of sp³-hybridized carbons (Fsp3) is 0. The number of nitrogens with zero attached hydrogens (tertiary/aromatic N) is 5. The van der Waals surface area contributed by atoms with Gasteiger partial charge in [0.1, 0.15) is 12.1 Å². The van der Waals surface area contributed by atoms with E-state index in [0.29, 0.717) is 0 Å². The number of rotatable bonds is 3. The fourth-order valence-electron chi connectivity index (χ4n) is 1.66. The Kier molecular flexibility index (Phi) is 3.36. The third-order valence-corrected chi connectivity index (χ3v) is 2.89. The lowest BCUT2D eigenvalue weighted by Gasteiger charge is -2.09. The van der Waals surface area contributed by atoms with Gasteiger partial charge in [-0.2, -0.15) is 15.0 Å². The van der Waals surface area contributed by atoms with Crippen LogP contribution < -0.4 is 11.1 Å². The number of hydrogen-bond donors (Lipinski definition) is 2. The average molecular weight is 306 g/mol. The average Bonchev–Trinajstić information content (AvgIpc) is 2.97. The molecule has 106 valence electrons. The minimum absolute atomic E-state index is 0.0105. The number of anilines is 3. The molecule has 9 heteroatoms. The van der Waals surface area contributed by atoms with Crippen molar-refractivity contribution in [3.05, 3.63) is 47.8 Å². The van der Waals surface area contributed by atoms with Crippen LogP contribution in [0, 0.1) is 5.82 Å². The van der Waals surface area contributed by atoms with E-state index >= 15 is 0 Å². The van der Waals surface area contributed by atoms with Gasteiger partial charge in [0.05, 0.1) is 10.7 Å². The lowest BCUT2D eigenvalue weighted by Crippen LogP contribution is -2.09. The van der Waals surface area contributed by atoms with Crippen molar-refractivity contribution in [2.24, 2.45) is 0 Å². The van der Waals surface area contributed by atoms with Crippen LogP contribution in [0.1, 0.15) is 0 Å². The molecule has 0 radical (unpaired) electrons. The second kappa shape index (κ2) is 5.33. The zero-order valence-corrected chi connectivity index (χ0v) is 11.3. The van der Waals surface area contributed by atoms with Gasteiger partial charge in [-0.15, -0.1) is 0 Å². The van der Waals surface area contributed by atoms with Crippen LogP contribution in [0.25, 0.3) is 5.95 Å². The highest BCUT2D eigenvalue weighted by Gasteiger charge is 2.11. The number of hydrogen-bond acceptors (Lipinski definition) is 6. The predicted octanol–water partition coefficient (Wildman–Crippen LogP) is 2.18. The lowest BCUT2D eigenvalue weighted by atomic mass is 10.3. The van der Waals surface area contributed by atoms with Gasteiger partial charge >= 0.3 is 0 Å². The molecule has 0 saturated heterocycles. The van der Waals surface area contributed by atoms with Crippen LogP contribution in [-0.2, 0) is 0 Å². The predicted molar refractivity (Wildman–Crippen MR) is 76.1 cm³/mol. The molecule has 2 aromatic heterocycles.